The summed E-state index contributed by atoms with van der Waals surface area (Å²) in [6.07, 6.45) is 0.645. The zero-order chi connectivity index (χ0) is 32.7. The first-order valence-corrected chi connectivity index (χ1v) is 14.2. The molecule has 0 aliphatic rings. The summed E-state index contributed by atoms with van der Waals surface area (Å²) >= 11 is 0. The predicted octanol–water partition coefficient (Wildman–Crippen LogP) is -3.35. The van der Waals surface area contributed by atoms with Crippen LogP contribution in [0.15, 0.2) is 35.3 Å². The summed E-state index contributed by atoms with van der Waals surface area (Å²) in [4.78, 5) is 67.0. The predicted molar refractivity (Wildman–Crippen MR) is 160 cm³/mol. The number of aliphatic imine (C=N–C) groups is 1. The van der Waals surface area contributed by atoms with Gasteiger partial charge in [0.2, 0.25) is 23.6 Å². The number of alkyl carbamates (subject to hydrolysis) is 1. The molecule has 44 heavy (non-hydrogen) atoms. The van der Waals surface area contributed by atoms with Crippen LogP contribution < -0.4 is 43.8 Å². The van der Waals surface area contributed by atoms with Gasteiger partial charge >= 0.3 is 6.09 Å². The van der Waals surface area contributed by atoms with Gasteiger partial charge in [-0.1, -0.05) is 30.3 Å². The minimum Gasteiger partial charge on any atom is -0.445 e. The summed E-state index contributed by atoms with van der Waals surface area (Å²) in [5, 5.41) is 30.8. The number of nitrogens with one attached hydrogen (secondary N) is 5. The van der Waals surface area contributed by atoms with Gasteiger partial charge in [-0.15, -0.1) is 0 Å². The fraction of sp³-hybridized carbons (Fsp3) is 0.556. The van der Waals surface area contributed by atoms with Crippen molar-refractivity contribution in [3.8, 4) is 0 Å². The van der Waals surface area contributed by atoms with E-state index in [0.717, 1.165) is 5.56 Å². The topological polar surface area (TPSA) is 286 Å². The normalized spacial score (nSPS) is 12.5. The first-order valence-electron chi connectivity index (χ1n) is 14.2. The number of carbonyl (C=O) groups excluding carboxylic acids is 5. The van der Waals surface area contributed by atoms with Crippen LogP contribution in [0.4, 0.5) is 4.79 Å². The SMILES string of the molecule is NCCCCC(NC(=O)[C@H](CO)NC(=O)C(CCCN=C(N)N)NC(=O)OCc1ccccc1)C(=O)NCC(=O)NCCO. The van der Waals surface area contributed by atoms with Gasteiger partial charge < -0.3 is 58.7 Å². The van der Waals surface area contributed by atoms with Crippen molar-refractivity contribution in [1.29, 1.82) is 0 Å². The second kappa shape index (κ2) is 22.1. The largest absolute Gasteiger partial charge is 0.445 e. The molecular weight excluding hydrogens is 578 g/mol. The second-order valence-electron chi connectivity index (χ2n) is 9.59. The third-order valence-electron chi connectivity index (χ3n) is 6.02. The highest BCUT2D eigenvalue weighted by Crippen LogP contribution is 2.05. The quantitative estimate of drug-likeness (QED) is 0.0367. The van der Waals surface area contributed by atoms with E-state index >= 15 is 0 Å². The van der Waals surface area contributed by atoms with Crippen molar-refractivity contribution in [3.63, 3.8) is 0 Å². The van der Waals surface area contributed by atoms with Crippen molar-refractivity contribution in [3.05, 3.63) is 35.9 Å². The number of unbranched alkanes of at least 4 members (excludes halogenated alkanes) is 1. The molecule has 0 aliphatic carbocycles. The van der Waals surface area contributed by atoms with Crippen LogP contribution in [0.2, 0.25) is 0 Å². The van der Waals surface area contributed by atoms with E-state index < -0.39 is 61.0 Å². The van der Waals surface area contributed by atoms with Crippen LogP contribution in [-0.2, 0) is 30.5 Å². The first-order chi connectivity index (χ1) is 21.1. The number of aliphatic hydroxyl groups is 2. The Morgan fingerprint density at radius 3 is 2.09 bits per heavy atom. The smallest absolute Gasteiger partial charge is 0.408 e. The third kappa shape index (κ3) is 16.2. The molecule has 0 fully saturated rings. The molecule has 13 N–H and O–H groups in total. The molecule has 3 atom stereocenters. The van der Waals surface area contributed by atoms with Crippen LogP contribution in [0.25, 0.3) is 0 Å². The fourth-order valence-electron chi connectivity index (χ4n) is 3.73. The van der Waals surface area contributed by atoms with E-state index in [0.29, 0.717) is 19.4 Å². The molecule has 0 saturated heterocycles. The van der Waals surface area contributed by atoms with E-state index in [4.69, 9.17) is 27.0 Å². The lowest BCUT2D eigenvalue weighted by atomic mass is 10.1. The Labute approximate surface area is 255 Å². The van der Waals surface area contributed by atoms with Crippen molar-refractivity contribution in [2.24, 2.45) is 22.2 Å². The van der Waals surface area contributed by atoms with E-state index in [2.05, 4.69) is 31.6 Å². The monoisotopic (exact) mass is 623 g/mol. The zero-order valence-electron chi connectivity index (χ0n) is 24.6. The van der Waals surface area contributed by atoms with Crippen LogP contribution in [0.3, 0.4) is 0 Å². The lowest BCUT2D eigenvalue weighted by Crippen LogP contribution is -2.58. The summed E-state index contributed by atoms with van der Waals surface area (Å²) in [7, 11) is 0. The minimum absolute atomic E-state index is 0.0120. The number of ether oxygens (including phenoxy) is 1. The highest BCUT2D eigenvalue weighted by atomic mass is 16.5. The summed E-state index contributed by atoms with van der Waals surface area (Å²) in [5.74, 6) is -3.03. The van der Waals surface area contributed by atoms with Gasteiger partial charge in [-0.3, -0.25) is 24.2 Å². The number of benzene rings is 1. The molecule has 246 valence electrons. The van der Waals surface area contributed by atoms with Crippen LogP contribution in [0.1, 0.15) is 37.7 Å². The highest BCUT2D eigenvalue weighted by Gasteiger charge is 2.29. The molecule has 0 saturated carbocycles. The van der Waals surface area contributed by atoms with Crippen LogP contribution in [0, 0.1) is 0 Å². The summed E-state index contributed by atoms with van der Waals surface area (Å²) in [6, 6.07) is 5.10. The molecule has 0 aliphatic heterocycles. The maximum Gasteiger partial charge on any atom is 0.408 e. The first kappa shape index (κ1) is 37.5. The van der Waals surface area contributed by atoms with Crippen molar-refractivity contribution in [1.82, 2.24) is 26.6 Å². The average molecular weight is 624 g/mol. The summed E-state index contributed by atoms with van der Waals surface area (Å²) in [5.41, 5.74) is 16.9. The van der Waals surface area contributed by atoms with Gasteiger partial charge in [-0.2, -0.15) is 0 Å². The van der Waals surface area contributed by atoms with E-state index in [1.54, 1.807) is 24.3 Å². The molecule has 1 aromatic carbocycles. The number of carbonyl (C=O) groups is 5. The number of aliphatic hydroxyl groups excluding tert-OH is 2. The average Bonchev–Trinajstić information content (AvgIpc) is 3.01. The molecule has 17 nitrogen and oxygen atoms in total. The molecular formula is C27H45N9O8. The van der Waals surface area contributed by atoms with Crippen molar-refractivity contribution in [2.45, 2.75) is 56.8 Å². The van der Waals surface area contributed by atoms with Gasteiger partial charge in [0, 0.05) is 13.1 Å². The number of nitrogens with two attached hydrogens (primary N) is 3. The van der Waals surface area contributed by atoms with Crippen molar-refractivity contribution in [2.75, 3.05) is 39.4 Å². The Bertz CT molecular complexity index is 1070. The van der Waals surface area contributed by atoms with Crippen molar-refractivity contribution >= 4 is 35.7 Å². The summed E-state index contributed by atoms with van der Waals surface area (Å²) in [6.45, 7) is -1.01. The number of nitrogens with zero attached hydrogens (tertiary/aromatic N) is 1. The number of amides is 5. The molecule has 17 heteroatoms. The minimum atomic E-state index is -1.48. The maximum atomic E-state index is 13.1. The number of rotatable bonds is 21. The van der Waals surface area contributed by atoms with Crippen LogP contribution in [0.5, 0.6) is 0 Å². The van der Waals surface area contributed by atoms with Gasteiger partial charge in [-0.25, -0.2) is 4.79 Å². The lowest BCUT2D eigenvalue weighted by molar-refractivity contribution is -0.134. The molecule has 0 radical (unpaired) electrons. The molecule has 2 unspecified atom stereocenters. The molecule has 5 amide bonds. The maximum absolute atomic E-state index is 13.1. The third-order valence-corrected chi connectivity index (χ3v) is 6.02. The Morgan fingerprint density at radius 1 is 0.818 bits per heavy atom. The molecule has 0 heterocycles. The van der Waals surface area contributed by atoms with Gasteiger partial charge in [0.15, 0.2) is 5.96 Å². The lowest BCUT2D eigenvalue weighted by Gasteiger charge is -2.24. The van der Waals surface area contributed by atoms with Crippen molar-refractivity contribution < 1.29 is 38.9 Å². The molecule has 1 rings (SSSR count). The molecule has 0 bridgehead atoms. The van der Waals surface area contributed by atoms with E-state index in [1.807, 2.05) is 6.07 Å². The molecule has 1 aromatic rings. The van der Waals surface area contributed by atoms with Gasteiger partial charge in [0.25, 0.3) is 0 Å². The Hall–Kier alpha value is -4.48. The van der Waals surface area contributed by atoms with Gasteiger partial charge in [0.05, 0.1) is 19.8 Å². The van der Waals surface area contributed by atoms with E-state index in [9.17, 15) is 29.1 Å². The van der Waals surface area contributed by atoms with Gasteiger partial charge in [-0.05, 0) is 44.2 Å². The number of hydrogen-bond acceptors (Lipinski definition) is 10. The highest BCUT2D eigenvalue weighted by molar-refractivity contribution is 5.94. The second-order valence-corrected chi connectivity index (χ2v) is 9.59. The Kier molecular flexibility index (Phi) is 18.9. The zero-order valence-corrected chi connectivity index (χ0v) is 24.6. The molecule has 0 aromatic heterocycles. The fourth-order valence-corrected chi connectivity index (χ4v) is 3.73. The number of hydrogen-bond donors (Lipinski definition) is 10. The van der Waals surface area contributed by atoms with E-state index in [-0.39, 0.29) is 51.5 Å². The number of guanidine groups is 1. The standard InChI is InChI=1S/C27H45N9O8/c28-11-5-4-9-19(23(40)33-15-22(39)31-13-14-37)34-25(42)21(16-38)35-24(41)20(10-6-12-32-26(29)30)36-27(43)44-17-18-7-2-1-3-8-18/h1-3,7-8,19-21,37-38H,4-6,9-17,28H2,(H,31,39)(H,33,40)(H,34,42)(H,35,41)(H,36,43)(H4,29,30,32)/t19?,20?,21-/m0/s1. The Balaban J connectivity index is 2.89. The summed E-state index contributed by atoms with van der Waals surface area (Å²) < 4.78 is 5.20. The van der Waals surface area contributed by atoms with E-state index in [1.165, 1.54) is 0 Å². The van der Waals surface area contributed by atoms with Crippen LogP contribution in [-0.4, -0.2) is 103 Å². The molecule has 0 spiro atoms. The van der Waals surface area contributed by atoms with Crippen LogP contribution >= 0.6 is 0 Å². The van der Waals surface area contributed by atoms with Gasteiger partial charge in [0.1, 0.15) is 24.7 Å². The Morgan fingerprint density at radius 2 is 1.45 bits per heavy atom.